The second-order valence-electron chi connectivity index (χ2n) is 3.33. The molecule has 0 aliphatic heterocycles. The minimum absolute atomic E-state index is 0.737. The Balaban J connectivity index is 2.32. The number of hydrogen-bond acceptors (Lipinski definition) is 3. The van der Waals surface area contributed by atoms with Crippen molar-refractivity contribution in [1.82, 2.24) is 4.98 Å². The van der Waals surface area contributed by atoms with Crippen LogP contribution in [0.3, 0.4) is 0 Å². The fourth-order valence-electron chi connectivity index (χ4n) is 1.28. The predicted molar refractivity (Wildman–Crippen MR) is 67.2 cm³/mol. The molecule has 0 fully saturated rings. The van der Waals surface area contributed by atoms with E-state index in [2.05, 4.69) is 36.7 Å². The van der Waals surface area contributed by atoms with Crippen molar-refractivity contribution in [2.24, 2.45) is 5.92 Å². The summed E-state index contributed by atoms with van der Waals surface area (Å²) in [4.78, 5) is 5.31. The Kier molecular flexibility index (Phi) is 6.12. The van der Waals surface area contributed by atoms with E-state index in [9.17, 15) is 0 Å². The Morgan fingerprint density at radius 2 is 2.14 bits per heavy atom. The lowest BCUT2D eigenvalue weighted by molar-refractivity contribution is 0.595. The van der Waals surface area contributed by atoms with Gasteiger partial charge in [-0.15, -0.1) is 11.8 Å². The van der Waals surface area contributed by atoms with Crippen molar-refractivity contribution in [3.8, 4) is 0 Å². The average molecular weight is 227 g/mol. The normalized spacial score (nSPS) is 12.7. The Bertz CT molecular complexity index is 238. The number of aromatic nitrogens is 1. The number of thiol groups is 1. The molecule has 0 bridgehead atoms. The Hall–Kier alpha value is -0.150. The summed E-state index contributed by atoms with van der Waals surface area (Å²) in [6, 6.07) is 4.12. The Morgan fingerprint density at radius 3 is 2.71 bits per heavy atom. The summed E-state index contributed by atoms with van der Waals surface area (Å²) in [6.45, 7) is 2.23. The van der Waals surface area contributed by atoms with Gasteiger partial charge in [0.2, 0.25) is 0 Å². The van der Waals surface area contributed by atoms with Crippen LogP contribution in [0.15, 0.2) is 29.4 Å². The van der Waals surface area contributed by atoms with E-state index in [1.807, 2.05) is 24.2 Å². The molecule has 0 saturated heterocycles. The molecule has 1 unspecified atom stereocenters. The molecule has 0 N–H and O–H groups in total. The van der Waals surface area contributed by atoms with Crippen LogP contribution in [0.25, 0.3) is 0 Å². The molecule has 0 aliphatic carbocycles. The summed E-state index contributed by atoms with van der Waals surface area (Å²) in [5, 5.41) is 0. The van der Waals surface area contributed by atoms with Gasteiger partial charge < -0.3 is 0 Å². The third-order valence-corrected chi connectivity index (χ3v) is 3.85. The van der Waals surface area contributed by atoms with Gasteiger partial charge in [0, 0.05) is 23.0 Å². The van der Waals surface area contributed by atoms with Crippen LogP contribution < -0.4 is 0 Å². The van der Waals surface area contributed by atoms with Crippen molar-refractivity contribution in [2.75, 3.05) is 11.5 Å². The fourth-order valence-corrected chi connectivity index (χ4v) is 2.80. The SMILES string of the molecule is CCCC(CS)CSc1ccncc1. The minimum atomic E-state index is 0.737. The summed E-state index contributed by atoms with van der Waals surface area (Å²) in [6.07, 6.45) is 6.22. The largest absolute Gasteiger partial charge is 0.265 e. The van der Waals surface area contributed by atoms with Crippen LogP contribution >= 0.6 is 24.4 Å². The maximum Gasteiger partial charge on any atom is 0.0278 e. The van der Waals surface area contributed by atoms with Crippen LogP contribution in [0.2, 0.25) is 0 Å². The van der Waals surface area contributed by atoms with Gasteiger partial charge in [-0.2, -0.15) is 12.6 Å². The lowest BCUT2D eigenvalue weighted by atomic mass is 10.1. The molecular weight excluding hydrogens is 210 g/mol. The van der Waals surface area contributed by atoms with E-state index in [-0.39, 0.29) is 0 Å². The second-order valence-corrected chi connectivity index (χ2v) is 4.79. The Morgan fingerprint density at radius 1 is 1.43 bits per heavy atom. The lowest BCUT2D eigenvalue weighted by Crippen LogP contribution is -2.04. The summed E-state index contributed by atoms with van der Waals surface area (Å²) in [5.41, 5.74) is 0. The van der Waals surface area contributed by atoms with Gasteiger partial charge in [-0.1, -0.05) is 13.3 Å². The van der Waals surface area contributed by atoms with E-state index in [1.165, 1.54) is 23.5 Å². The van der Waals surface area contributed by atoms with Gasteiger partial charge in [0.1, 0.15) is 0 Å². The summed E-state index contributed by atoms with van der Waals surface area (Å²) >= 11 is 6.27. The molecule has 1 aromatic heterocycles. The molecule has 1 atom stereocenters. The van der Waals surface area contributed by atoms with Gasteiger partial charge in [-0.3, -0.25) is 4.98 Å². The van der Waals surface area contributed by atoms with E-state index in [0.717, 1.165) is 11.7 Å². The number of nitrogens with zero attached hydrogens (tertiary/aromatic N) is 1. The summed E-state index contributed by atoms with van der Waals surface area (Å²) < 4.78 is 0. The number of thioether (sulfide) groups is 1. The average Bonchev–Trinajstić information content (AvgIpc) is 2.25. The van der Waals surface area contributed by atoms with Crippen LogP contribution in [-0.2, 0) is 0 Å². The van der Waals surface area contributed by atoms with Gasteiger partial charge in [0.15, 0.2) is 0 Å². The van der Waals surface area contributed by atoms with Crippen molar-refractivity contribution >= 4 is 24.4 Å². The molecule has 0 aromatic carbocycles. The molecule has 0 aliphatic rings. The van der Waals surface area contributed by atoms with Gasteiger partial charge in [0.05, 0.1) is 0 Å². The van der Waals surface area contributed by atoms with E-state index in [0.29, 0.717) is 0 Å². The zero-order chi connectivity index (χ0) is 10.2. The lowest BCUT2D eigenvalue weighted by Gasteiger charge is -2.12. The highest BCUT2D eigenvalue weighted by Crippen LogP contribution is 2.22. The van der Waals surface area contributed by atoms with Gasteiger partial charge in [-0.25, -0.2) is 0 Å². The van der Waals surface area contributed by atoms with Gasteiger partial charge in [0.25, 0.3) is 0 Å². The van der Waals surface area contributed by atoms with Crippen LogP contribution in [-0.4, -0.2) is 16.5 Å². The smallest absolute Gasteiger partial charge is 0.0278 e. The maximum absolute atomic E-state index is 4.37. The zero-order valence-electron chi connectivity index (χ0n) is 8.52. The third-order valence-electron chi connectivity index (χ3n) is 2.09. The fraction of sp³-hybridized carbons (Fsp3) is 0.545. The van der Waals surface area contributed by atoms with Crippen molar-refractivity contribution < 1.29 is 0 Å². The first-order valence-electron chi connectivity index (χ1n) is 5.00. The molecule has 14 heavy (non-hydrogen) atoms. The first kappa shape index (κ1) is 11.9. The van der Waals surface area contributed by atoms with Crippen LogP contribution in [0, 0.1) is 5.92 Å². The number of hydrogen-bond donors (Lipinski definition) is 1. The molecule has 1 aromatic rings. The quantitative estimate of drug-likeness (QED) is 0.590. The molecule has 3 heteroatoms. The first-order valence-corrected chi connectivity index (χ1v) is 6.62. The van der Waals surface area contributed by atoms with Crippen LogP contribution in [0.4, 0.5) is 0 Å². The predicted octanol–water partition coefficient (Wildman–Crippen LogP) is 3.52. The van der Waals surface area contributed by atoms with Crippen molar-refractivity contribution in [2.45, 2.75) is 24.7 Å². The topological polar surface area (TPSA) is 12.9 Å². The highest BCUT2D eigenvalue weighted by molar-refractivity contribution is 7.99. The van der Waals surface area contributed by atoms with Crippen molar-refractivity contribution in [3.05, 3.63) is 24.5 Å². The standard InChI is InChI=1S/C11H17NS2/c1-2-3-10(8-13)9-14-11-4-6-12-7-5-11/h4-7,10,13H,2-3,8-9H2,1H3. The molecule has 0 radical (unpaired) electrons. The van der Waals surface area contributed by atoms with E-state index < -0.39 is 0 Å². The van der Waals surface area contributed by atoms with Crippen molar-refractivity contribution in [1.29, 1.82) is 0 Å². The van der Waals surface area contributed by atoms with Gasteiger partial charge in [-0.05, 0) is 30.2 Å². The highest BCUT2D eigenvalue weighted by atomic mass is 32.2. The van der Waals surface area contributed by atoms with E-state index in [4.69, 9.17) is 0 Å². The van der Waals surface area contributed by atoms with Crippen molar-refractivity contribution in [3.63, 3.8) is 0 Å². The summed E-state index contributed by atoms with van der Waals surface area (Å²) in [7, 11) is 0. The third kappa shape index (κ3) is 4.38. The maximum atomic E-state index is 4.37. The molecule has 78 valence electrons. The van der Waals surface area contributed by atoms with Crippen LogP contribution in [0.1, 0.15) is 19.8 Å². The van der Waals surface area contributed by atoms with Crippen LogP contribution in [0.5, 0.6) is 0 Å². The second kappa shape index (κ2) is 7.18. The molecule has 1 rings (SSSR count). The number of pyridine rings is 1. The van der Waals surface area contributed by atoms with E-state index in [1.54, 1.807) is 0 Å². The molecule has 1 heterocycles. The first-order chi connectivity index (χ1) is 6.86. The minimum Gasteiger partial charge on any atom is -0.265 e. The zero-order valence-corrected chi connectivity index (χ0v) is 10.2. The molecular formula is C11H17NS2. The summed E-state index contributed by atoms with van der Waals surface area (Å²) in [5.74, 6) is 2.90. The number of rotatable bonds is 6. The highest BCUT2D eigenvalue weighted by Gasteiger charge is 2.05. The Labute approximate surface area is 96.1 Å². The van der Waals surface area contributed by atoms with Gasteiger partial charge >= 0.3 is 0 Å². The molecule has 1 nitrogen and oxygen atoms in total. The van der Waals surface area contributed by atoms with E-state index >= 15 is 0 Å². The molecule has 0 amide bonds. The molecule has 0 saturated carbocycles. The molecule has 0 spiro atoms. The monoisotopic (exact) mass is 227 g/mol.